The number of nitro groups is 1. The summed E-state index contributed by atoms with van der Waals surface area (Å²) in [5.41, 5.74) is 4.87. The molecule has 1 atom stereocenters. The summed E-state index contributed by atoms with van der Waals surface area (Å²) in [4.78, 5) is 27.7. The zero-order valence-corrected chi connectivity index (χ0v) is 19.7. The number of carbonyl (C=O) groups excluding carboxylic acids is 1. The molecule has 1 heterocycles. The standard InChI is InChI=1S/C25H32N4O4/c1-16-13-17(2)23(31)22-20(16)14-25(3,4)24(22)26-21(30)15-27-9-11-28(12-10-27)18-5-7-19(8-6-18)29(32)33/h5-8,13,24,31H,9-12,14-15H2,1-4H3,(H,26,30). The molecule has 0 spiro atoms. The lowest BCUT2D eigenvalue weighted by Crippen LogP contribution is -2.50. The minimum Gasteiger partial charge on any atom is -0.507 e. The number of nitro benzene ring substituents is 1. The molecule has 1 fully saturated rings. The number of non-ortho nitro benzene ring substituents is 1. The summed E-state index contributed by atoms with van der Waals surface area (Å²) in [5, 5.41) is 24.8. The van der Waals surface area contributed by atoms with Crippen LogP contribution in [-0.2, 0) is 11.2 Å². The Morgan fingerprint density at radius 2 is 1.79 bits per heavy atom. The molecule has 176 valence electrons. The zero-order valence-electron chi connectivity index (χ0n) is 19.7. The normalized spacial score (nSPS) is 19.9. The van der Waals surface area contributed by atoms with Gasteiger partial charge in [0, 0.05) is 49.6 Å². The Kier molecular flexibility index (Phi) is 6.05. The van der Waals surface area contributed by atoms with Gasteiger partial charge in [-0.1, -0.05) is 19.9 Å². The maximum Gasteiger partial charge on any atom is 0.269 e. The first-order valence-corrected chi connectivity index (χ1v) is 11.4. The number of phenols is 1. The first-order valence-electron chi connectivity index (χ1n) is 11.4. The van der Waals surface area contributed by atoms with E-state index in [1.165, 1.54) is 12.1 Å². The number of hydrogen-bond acceptors (Lipinski definition) is 6. The zero-order chi connectivity index (χ0) is 23.9. The molecular weight excluding hydrogens is 420 g/mol. The summed E-state index contributed by atoms with van der Waals surface area (Å²) in [5.74, 6) is 0.256. The van der Waals surface area contributed by atoms with Crippen LogP contribution in [0.5, 0.6) is 5.75 Å². The van der Waals surface area contributed by atoms with E-state index in [4.69, 9.17) is 0 Å². The molecule has 1 aliphatic carbocycles. The van der Waals surface area contributed by atoms with E-state index in [0.29, 0.717) is 12.3 Å². The number of aryl methyl sites for hydroxylation is 2. The molecule has 2 aliphatic rings. The third-order valence-electron chi connectivity index (χ3n) is 7.04. The highest BCUT2D eigenvalue weighted by atomic mass is 16.6. The highest BCUT2D eigenvalue weighted by molar-refractivity contribution is 5.79. The number of amides is 1. The van der Waals surface area contributed by atoms with E-state index in [-0.39, 0.29) is 23.1 Å². The summed E-state index contributed by atoms with van der Waals surface area (Å²) in [6.45, 7) is 11.5. The summed E-state index contributed by atoms with van der Waals surface area (Å²) in [7, 11) is 0. The largest absolute Gasteiger partial charge is 0.507 e. The molecule has 8 heteroatoms. The van der Waals surface area contributed by atoms with Crippen molar-refractivity contribution >= 4 is 17.3 Å². The van der Waals surface area contributed by atoms with Crippen LogP contribution in [0.1, 0.15) is 42.1 Å². The van der Waals surface area contributed by atoms with E-state index in [1.54, 1.807) is 12.1 Å². The number of carbonyl (C=O) groups is 1. The first-order chi connectivity index (χ1) is 15.6. The maximum absolute atomic E-state index is 13.0. The third-order valence-corrected chi connectivity index (χ3v) is 7.04. The Labute approximate surface area is 194 Å². The van der Waals surface area contributed by atoms with Crippen LogP contribution in [0, 0.1) is 29.4 Å². The quantitative estimate of drug-likeness (QED) is 0.532. The molecule has 0 aromatic heterocycles. The van der Waals surface area contributed by atoms with Crippen LogP contribution < -0.4 is 10.2 Å². The number of nitrogens with one attached hydrogen (secondary N) is 1. The van der Waals surface area contributed by atoms with Gasteiger partial charge < -0.3 is 15.3 Å². The van der Waals surface area contributed by atoms with Gasteiger partial charge in [0.1, 0.15) is 5.75 Å². The van der Waals surface area contributed by atoms with Crippen LogP contribution in [0.15, 0.2) is 30.3 Å². The van der Waals surface area contributed by atoms with Crippen molar-refractivity contribution in [2.45, 2.75) is 40.2 Å². The number of hydrogen-bond donors (Lipinski definition) is 2. The molecule has 8 nitrogen and oxygen atoms in total. The van der Waals surface area contributed by atoms with Crippen molar-refractivity contribution < 1.29 is 14.8 Å². The Hall–Kier alpha value is -3.13. The topological polar surface area (TPSA) is 99.0 Å². The number of fused-ring (bicyclic) bond motifs is 1. The van der Waals surface area contributed by atoms with Crippen molar-refractivity contribution in [2.24, 2.45) is 5.41 Å². The predicted octanol–water partition coefficient (Wildman–Crippen LogP) is 3.48. The Morgan fingerprint density at radius 1 is 1.15 bits per heavy atom. The van der Waals surface area contributed by atoms with Gasteiger partial charge >= 0.3 is 0 Å². The molecule has 1 amide bonds. The van der Waals surface area contributed by atoms with Gasteiger partial charge in [-0.2, -0.15) is 0 Å². The second-order valence-electron chi connectivity index (χ2n) is 9.95. The summed E-state index contributed by atoms with van der Waals surface area (Å²) in [6.07, 6.45) is 0.820. The van der Waals surface area contributed by atoms with Gasteiger partial charge in [-0.3, -0.25) is 19.8 Å². The smallest absolute Gasteiger partial charge is 0.269 e. The molecule has 1 saturated heterocycles. The van der Waals surface area contributed by atoms with Gasteiger partial charge in [0.25, 0.3) is 5.69 Å². The van der Waals surface area contributed by atoms with Crippen LogP contribution in [0.25, 0.3) is 0 Å². The van der Waals surface area contributed by atoms with E-state index < -0.39 is 4.92 Å². The minimum absolute atomic E-state index is 0.0386. The fourth-order valence-corrected chi connectivity index (χ4v) is 5.17. The van der Waals surface area contributed by atoms with E-state index in [0.717, 1.165) is 60.5 Å². The second kappa shape index (κ2) is 8.67. The van der Waals surface area contributed by atoms with Crippen molar-refractivity contribution in [2.75, 3.05) is 37.6 Å². The lowest BCUT2D eigenvalue weighted by Gasteiger charge is -2.36. The maximum atomic E-state index is 13.0. The summed E-state index contributed by atoms with van der Waals surface area (Å²) >= 11 is 0. The number of piperazine rings is 1. The third kappa shape index (κ3) is 4.53. The van der Waals surface area contributed by atoms with Gasteiger partial charge in [0.2, 0.25) is 5.91 Å². The van der Waals surface area contributed by atoms with Crippen molar-refractivity contribution in [3.63, 3.8) is 0 Å². The highest BCUT2D eigenvalue weighted by Gasteiger charge is 2.43. The number of nitrogens with zero attached hydrogens (tertiary/aromatic N) is 3. The van der Waals surface area contributed by atoms with Gasteiger partial charge in [-0.15, -0.1) is 0 Å². The van der Waals surface area contributed by atoms with Gasteiger partial charge in [-0.05, 0) is 54.5 Å². The van der Waals surface area contributed by atoms with Gasteiger partial charge in [-0.25, -0.2) is 0 Å². The lowest BCUT2D eigenvalue weighted by molar-refractivity contribution is -0.384. The van der Waals surface area contributed by atoms with Crippen molar-refractivity contribution in [3.05, 3.63) is 62.7 Å². The molecule has 2 aromatic rings. The Balaban J connectivity index is 1.37. The van der Waals surface area contributed by atoms with E-state index in [9.17, 15) is 20.0 Å². The van der Waals surface area contributed by atoms with Crippen LogP contribution in [0.4, 0.5) is 11.4 Å². The Bertz CT molecular complexity index is 1070. The summed E-state index contributed by atoms with van der Waals surface area (Å²) in [6, 6.07) is 8.39. The monoisotopic (exact) mass is 452 g/mol. The van der Waals surface area contributed by atoms with E-state index >= 15 is 0 Å². The number of benzene rings is 2. The second-order valence-corrected chi connectivity index (χ2v) is 9.95. The molecular formula is C25H32N4O4. The minimum atomic E-state index is -0.396. The average molecular weight is 453 g/mol. The number of aromatic hydroxyl groups is 1. The summed E-state index contributed by atoms with van der Waals surface area (Å²) < 4.78 is 0. The molecule has 33 heavy (non-hydrogen) atoms. The molecule has 2 aromatic carbocycles. The van der Waals surface area contributed by atoms with E-state index in [2.05, 4.69) is 35.9 Å². The van der Waals surface area contributed by atoms with Crippen LogP contribution >= 0.6 is 0 Å². The molecule has 1 unspecified atom stereocenters. The number of rotatable bonds is 5. The fourth-order valence-electron chi connectivity index (χ4n) is 5.17. The number of phenolic OH excluding ortho intramolecular Hbond substituents is 1. The van der Waals surface area contributed by atoms with Gasteiger partial charge in [0.05, 0.1) is 17.5 Å². The van der Waals surface area contributed by atoms with E-state index in [1.807, 2.05) is 13.0 Å². The van der Waals surface area contributed by atoms with Crippen LogP contribution in [0.3, 0.4) is 0 Å². The molecule has 0 bridgehead atoms. The molecule has 0 radical (unpaired) electrons. The molecule has 4 rings (SSSR count). The van der Waals surface area contributed by atoms with Crippen molar-refractivity contribution in [1.29, 1.82) is 0 Å². The highest BCUT2D eigenvalue weighted by Crippen LogP contribution is 2.50. The molecule has 1 aliphatic heterocycles. The lowest BCUT2D eigenvalue weighted by atomic mass is 9.85. The first kappa shape index (κ1) is 23.0. The fraction of sp³-hybridized carbons (Fsp3) is 0.480. The SMILES string of the molecule is Cc1cc(C)c2c(c1O)C(NC(=O)CN1CCN(c3ccc([N+](=O)[O-])cc3)CC1)C(C)(C)C2. The number of anilines is 1. The molecule has 0 saturated carbocycles. The van der Waals surface area contributed by atoms with Crippen molar-refractivity contribution in [1.82, 2.24) is 10.2 Å². The average Bonchev–Trinajstić information content (AvgIpc) is 3.04. The Morgan fingerprint density at radius 3 is 2.39 bits per heavy atom. The van der Waals surface area contributed by atoms with Crippen LogP contribution in [0.2, 0.25) is 0 Å². The van der Waals surface area contributed by atoms with Gasteiger partial charge in [0.15, 0.2) is 0 Å². The van der Waals surface area contributed by atoms with Crippen LogP contribution in [-0.4, -0.2) is 53.6 Å². The van der Waals surface area contributed by atoms with Crippen molar-refractivity contribution in [3.8, 4) is 5.75 Å². The predicted molar refractivity (Wildman–Crippen MR) is 128 cm³/mol. The molecule has 2 N–H and O–H groups in total.